The van der Waals surface area contributed by atoms with E-state index in [9.17, 15) is 9.59 Å². The van der Waals surface area contributed by atoms with Crippen LogP contribution in [0, 0.1) is 11.8 Å². The summed E-state index contributed by atoms with van der Waals surface area (Å²) in [7, 11) is 0. The van der Waals surface area contributed by atoms with Gasteiger partial charge in [0, 0.05) is 18.8 Å². The number of carbonyl (C=O) groups is 2. The maximum atomic E-state index is 11.6. The molecule has 0 saturated heterocycles. The zero-order chi connectivity index (χ0) is 11.3. The number of hydrogen-bond donors (Lipinski definition) is 0. The van der Waals surface area contributed by atoms with Gasteiger partial charge in [-0.15, -0.1) is 0 Å². The molecule has 0 aromatic heterocycles. The Morgan fingerprint density at radius 3 is 2.80 bits per heavy atom. The van der Waals surface area contributed by atoms with Crippen molar-refractivity contribution < 1.29 is 9.59 Å². The van der Waals surface area contributed by atoms with E-state index in [1.54, 1.807) is 6.92 Å². The Morgan fingerprint density at radius 2 is 2.20 bits per heavy atom. The first kappa shape index (κ1) is 12.2. The van der Waals surface area contributed by atoms with Gasteiger partial charge in [-0.1, -0.05) is 19.1 Å². The van der Waals surface area contributed by atoms with Crippen LogP contribution in [0.25, 0.3) is 0 Å². The van der Waals surface area contributed by atoms with Gasteiger partial charge in [0.05, 0.1) is 0 Å². The Hall–Kier alpha value is -0.920. The summed E-state index contributed by atoms with van der Waals surface area (Å²) in [6, 6.07) is 0. The summed E-state index contributed by atoms with van der Waals surface area (Å²) < 4.78 is 0. The monoisotopic (exact) mass is 208 g/mol. The van der Waals surface area contributed by atoms with Gasteiger partial charge >= 0.3 is 0 Å². The normalized spacial score (nSPS) is 26.4. The highest BCUT2D eigenvalue weighted by Crippen LogP contribution is 2.34. The van der Waals surface area contributed by atoms with E-state index in [4.69, 9.17) is 0 Å². The van der Waals surface area contributed by atoms with Crippen molar-refractivity contribution in [3.63, 3.8) is 0 Å². The van der Waals surface area contributed by atoms with Crippen LogP contribution in [0.4, 0.5) is 0 Å². The maximum absolute atomic E-state index is 11.6. The molecule has 2 heteroatoms. The highest BCUT2D eigenvalue weighted by molar-refractivity contribution is 5.85. The third kappa shape index (κ3) is 3.61. The van der Waals surface area contributed by atoms with E-state index >= 15 is 0 Å². The first-order chi connectivity index (χ1) is 7.15. The van der Waals surface area contributed by atoms with Crippen molar-refractivity contribution in [3.05, 3.63) is 12.2 Å². The zero-order valence-corrected chi connectivity index (χ0v) is 9.66. The lowest BCUT2D eigenvalue weighted by Gasteiger charge is -2.14. The van der Waals surface area contributed by atoms with Crippen LogP contribution in [0.2, 0.25) is 0 Å². The van der Waals surface area contributed by atoms with Crippen molar-refractivity contribution in [1.82, 2.24) is 0 Å². The van der Waals surface area contributed by atoms with Crippen LogP contribution >= 0.6 is 0 Å². The molecule has 0 bridgehead atoms. The Labute approximate surface area is 91.7 Å². The molecule has 1 aliphatic carbocycles. The lowest BCUT2D eigenvalue weighted by atomic mass is 9.88. The summed E-state index contributed by atoms with van der Waals surface area (Å²) in [5, 5.41) is 0. The number of allylic oxidation sites excluding steroid dienone is 2. The number of carbonyl (C=O) groups excluding carboxylic acids is 2. The molecule has 1 unspecified atom stereocenters. The van der Waals surface area contributed by atoms with Crippen LogP contribution < -0.4 is 0 Å². The van der Waals surface area contributed by atoms with Gasteiger partial charge in [0.2, 0.25) is 0 Å². The van der Waals surface area contributed by atoms with Crippen molar-refractivity contribution in [2.75, 3.05) is 0 Å². The largest absolute Gasteiger partial charge is 0.300 e. The van der Waals surface area contributed by atoms with Crippen molar-refractivity contribution in [1.29, 1.82) is 0 Å². The molecule has 0 aliphatic heterocycles. The van der Waals surface area contributed by atoms with E-state index < -0.39 is 0 Å². The molecule has 2 atom stereocenters. The minimum Gasteiger partial charge on any atom is -0.300 e. The second-order valence-corrected chi connectivity index (χ2v) is 4.39. The third-order valence-electron chi connectivity index (χ3n) is 3.09. The van der Waals surface area contributed by atoms with Gasteiger partial charge in [0.1, 0.15) is 11.6 Å². The lowest BCUT2D eigenvalue weighted by molar-refractivity contribution is -0.121. The predicted octanol–water partition coefficient (Wildman–Crippen LogP) is 2.92. The van der Waals surface area contributed by atoms with E-state index in [1.165, 1.54) is 0 Å². The summed E-state index contributed by atoms with van der Waals surface area (Å²) in [6.07, 6.45) is 8.17. The quantitative estimate of drug-likeness (QED) is 0.651. The second-order valence-electron chi connectivity index (χ2n) is 4.39. The van der Waals surface area contributed by atoms with Crippen LogP contribution in [0.1, 0.15) is 46.0 Å². The molecule has 0 N–H and O–H groups in total. The van der Waals surface area contributed by atoms with Crippen molar-refractivity contribution in [2.24, 2.45) is 11.8 Å². The van der Waals surface area contributed by atoms with E-state index in [0.717, 1.165) is 19.3 Å². The lowest BCUT2D eigenvalue weighted by Crippen LogP contribution is -2.16. The minimum atomic E-state index is 0.108. The van der Waals surface area contributed by atoms with Crippen molar-refractivity contribution >= 4 is 11.6 Å². The topological polar surface area (TPSA) is 34.1 Å². The number of Topliss-reactive ketones (excluding diaryl/α,β-unsaturated/α-hetero) is 2. The zero-order valence-electron chi connectivity index (χ0n) is 9.66. The molecule has 1 rings (SSSR count). The minimum absolute atomic E-state index is 0.108. The van der Waals surface area contributed by atoms with Gasteiger partial charge in [-0.2, -0.15) is 0 Å². The first-order valence-corrected chi connectivity index (χ1v) is 5.82. The fraction of sp³-hybridized carbons (Fsp3) is 0.692. The Balaban J connectivity index is 2.52. The van der Waals surface area contributed by atoms with E-state index in [0.29, 0.717) is 24.5 Å². The molecule has 0 aromatic rings. The molecule has 0 radical (unpaired) electrons. The summed E-state index contributed by atoms with van der Waals surface area (Å²) in [4.78, 5) is 22.7. The molecule has 2 nitrogen and oxygen atoms in total. The maximum Gasteiger partial charge on any atom is 0.136 e. The van der Waals surface area contributed by atoms with Crippen LogP contribution in [0.15, 0.2) is 12.2 Å². The second kappa shape index (κ2) is 5.84. The Bertz CT molecular complexity index is 266. The smallest absolute Gasteiger partial charge is 0.136 e. The van der Waals surface area contributed by atoms with Crippen LogP contribution in [0.3, 0.4) is 0 Å². The third-order valence-corrected chi connectivity index (χ3v) is 3.09. The van der Waals surface area contributed by atoms with Crippen LogP contribution in [-0.2, 0) is 9.59 Å². The standard InChI is InChI=1S/C13H20O2/c1-3-4-5-6-12-11(9-10(2)14)7-8-13(12)15/h4-5,11-12H,3,6-9H2,1-2H3/b5-4-/t11-,12?/m1/s1. The van der Waals surface area contributed by atoms with Gasteiger partial charge in [0.25, 0.3) is 0 Å². The molecule has 0 heterocycles. The van der Waals surface area contributed by atoms with Gasteiger partial charge in [-0.25, -0.2) is 0 Å². The van der Waals surface area contributed by atoms with E-state index in [2.05, 4.69) is 19.1 Å². The fourth-order valence-corrected chi connectivity index (χ4v) is 2.32. The molecular weight excluding hydrogens is 188 g/mol. The van der Waals surface area contributed by atoms with Crippen molar-refractivity contribution in [3.8, 4) is 0 Å². The summed E-state index contributed by atoms with van der Waals surface area (Å²) in [6.45, 7) is 3.70. The van der Waals surface area contributed by atoms with Crippen LogP contribution in [-0.4, -0.2) is 11.6 Å². The molecule has 1 aliphatic rings. The average Bonchev–Trinajstić information content (AvgIpc) is 2.49. The van der Waals surface area contributed by atoms with Crippen LogP contribution in [0.5, 0.6) is 0 Å². The van der Waals surface area contributed by atoms with Gasteiger partial charge < -0.3 is 4.79 Å². The molecular formula is C13H20O2. The molecule has 15 heavy (non-hydrogen) atoms. The van der Waals surface area contributed by atoms with Gasteiger partial charge in [-0.05, 0) is 32.1 Å². The molecule has 0 spiro atoms. The Kier molecular flexibility index (Phi) is 4.73. The van der Waals surface area contributed by atoms with E-state index in [-0.39, 0.29) is 11.7 Å². The number of rotatable bonds is 5. The van der Waals surface area contributed by atoms with Gasteiger partial charge in [0.15, 0.2) is 0 Å². The average molecular weight is 208 g/mol. The highest BCUT2D eigenvalue weighted by Gasteiger charge is 2.33. The highest BCUT2D eigenvalue weighted by atomic mass is 16.1. The Morgan fingerprint density at radius 1 is 1.47 bits per heavy atom. The fourth-order valence-electron chi connectivity index (χ4n) is 2.32. The molecule has 0 aromatic carbocycles. The number of ketones is 2. The summed E-state index contributed by atoms with van der Waals surface area (Å²) >= 11 is 0. The molecule has 1 fully saturated rings. The molecule has 1 saturated carbocycles. The molecule has 0 amide bonds. The van der Waals surface area contributed by atoms with E-state index in [1.807, 2.05) is 0 Å². The van der Waals surface area contributed by atoms with Gasteiger partial charge in [-0.3, -0.25) is 4.79 Å². The predicted molar refractivity (Wildman–Crippen MR) is 60.6 cm³/mol. The summed E-state index contributed by atoms with van der Waals surface area (Å²) in [5.74, 6) is 0.967. The number of hydrogen-bond acceptors (Lipinski definition) is 2. The SMILES string of the molecule is CC/C=C\CC1C(=O)CC[C@@H]1CC(C)=O. The molecule has 84 valence electrons. The summed E-state index contributed by atoms with van der Waals surface area (Å²) in [5.41, 5.74) is 0. The first-order valence-electron chi connectivity index (χ1n) is 5.82. The van der Waals surface area contributed by atoms with Crippen molar-refractivity contribution in [2.45, 2.75) is 46.0 Å².